The molecule has 1 amide bonds. The summed E-state index contributed by atoms with van der Waals surface area (Å²) in [4.78, 5) is 21.9. The van der Waals surface area contributed by atoms with Gasteiger partial charge in [-0.25, -0.2) is 4.98 Å². The topological polar surface area (TPSA) is 76.2 Å². The number of imidazole rings is 1. The van der Waals surface area contributed by atoms with Crippen LogP contribution in [0.25, 0.3) is 22.2 Å². The van der Waals surface area contributed by atoms with Crippen LogP contribution in [-0.4, -0.2) is 36.6 Å². The van der Waals surface area contributed by atoms with Gasteiger partial charge in [-0.05, 0) is 40.8 Å². The average molecular weight is 460 g/mol. The Morgan fingerprint density at radius 2 is 1.88 bits per heavy atom. The maximum Gasteiger partial charge on any atom is 0.251 e. The third kappa shape index (κ3) is 5.32. The highest BCUT2D eigenvalue weighted by atomic mass is 32.1. The van der Waals surface area contributed by atoms with Gasteiger partial charge >= 0.3 is 0 Å². The fourth-order valence-corrected chi connectivity index (χ4v) is 4.29. The van der Waals surface area contributed by atoms with Crippen LogP contribution in [0.5, 0.6) is 11.5 Å². The molecule has 0 saturated heterocycles. The number of carbonyl (C=O) groups excluding carboxylic acids is 1. The second-order valence-electron chi connectivity index (χ2n) is 7.25. The molecule has 0 radical (unpaired) electrons. The summed E-state index contributed by atoms with van der Waals surface area (Å²) in [5, 5.41) is 5.08. The number of thiophene rings is 1. The molecule has 0 fully saturated rings. The molecule has 6 nitrogen and oxygen atoms in total. The number of methoxy groups -OCH3 is 2. The second-order valence-corrected chi connectivity index (χ2v) is 8.20. The van der Waals surface area contributed by atoms with Gasteiger partial charge in [-0.3, -0.25) is 4.79 Å². The number of H-pyrrole nitrogens is 1. The van der Waals surface area contributed by atoms with Crippen molar-refractivity contribution in [1.29, 1.82) is 0 Å². The molecule has 0 aliphatic heterocycles. The first-order valence-electron chi connectivity index (χ1n) is 10.5. The molecule has 0 aliphatic rings. The van der Waals surface area contributed by atoms with E-state index in [2.05, 4.69) is 15.3 Å². The van der Waals surface area contributed by atoms with Crippen LogP contribution in [0, 0.1) is 0 Å². The maximum absolute atomic E-state index is 13.2. The van der Waals surface area contributed by atoms with Gasteiger partial charge in [0.1, 0.15) is 5.69 Å². The van der Waals surface area contributed by atoms with E-state index in [4.69, 9.17) is 9.47 Å². The van der Waals surface area contributed by atoms with E-state index in [9.17, 15) is 4.79 Å². The summed E-state index contributed by atoms with van der Waals surface area (Å²) in [6.07, 6.45) is 4.20. The molecule has 168 valence electrons. The van der Waals surface area contributed by atoms with Gasteiger partial charge in [0.05, 0.1) is 25.4 Å². The summed E-state index contributed by atoms with van der Waals surface area (Å²) in [5.74, 6) is 1.11. The minimum absolute atomic E-state index is 0.145. The number of nitrogens with one attached hydrogen (secondary N) is 2. The monoisotopic (exact) mass is 459 g/mol. The van der Waals surface area contributed by atoms with Crippen molar-refractivity contribution in [3.05, 3.63) is 89.2 Å². The fourth-order valence-electron chi connectivity index (χ4n) is 3.54. The Hall–Kier alpha value is -3.84. The molecule has 2 heterocycles. The number of ether oxygens (including phenoxy) is 2. The summed E-state index contributed by atoms with van der Waals surface area (Å²) in [7, 11) is 3.19. The predicted octanol–water partition coefficient (Wildman–Crippen LogP) is 5.05. The number of rotatable bonds is 9. The van der Waals surface area contributed by atoms with Gasteiger partial charge < -0.3 is 19.8 Å². The molecule has 33 heavy (non-hydrogen) atoms. The van der Waals surface area contributed by atoms with Gasteiger partial charge in [0.15, 0.2) is 11.5 Å². The van der Waals surface area contributed by atoms with E-state index in [1.54, 1.807) is 31.9 Å². The number of carbonyl (C=O) groups is 1. The number of aromatic amines is 1. The molecule has 0 atom stereocenters. The van der Waals surface area contributed by atoms with Crippen molar-refractivity contribution in [3.63, 3.8) is 0 Å². The van der Waals surface area contributed by atoms with Crippen LogP contribution in [0.2, 0.25) is 0 Å². The van der Waals surface area contributed by atoms with Gasteiger partial charge in [-0.2, -0.15) is 0 Å². The Bertz CT molecular complexity index is 1230. The summed E-state index contributed by atoms with van der Waals surface area (Å²) < 4.78 is 10.7. The summed E-state index contributed by atoms with van der Waals surface area (Å²) >= 11 is 1.65. The van der Waals surface area contributed by atoms with Crippen LogP contribution in [0.4, 0.5) is 0 Å². The van der Waals surface area contributed by atoms with Gasteiger partial charge in [0.25, 0.3) is 5.91 Å². The van der Waals surface area contributed by atoms with Gasteiger partial charge in [0, 0.05) is 24.2 Å². The van der Waals surface area contributed by atoms with E-state index < -0.39 is 0 Å². The number of hydrogen-bond donors (Lipinski definition) is 2. The van der Waals surface area contributed by atoms with Crippen LogP contribution in [0.1, 0.15) is 16.8 Å². The van der Waals surface area contributed by atoms with Crippen LogP contribution in [0.3, 0.4) is 0 Å². The summed E-state index contributed by atoms with van der Waals surface area (Å²) in [6, 6.07) is 19.3. The summed E-state index contributed by atoms with van der Waals surface area (Å²) in [6.45, 7) is 0.482. The Kier molecular flexibility index (Phi) is 7.22. The van der Waals surface area contributed by atoms with E-state index in [0.717, 1.165) is 27.4 Å². The van der Waals surface area contributed by atoms with Crippen LogP contribution in [0.15, 0.2) is 72.4 Å². The lowest BCUT2D eigenvalue weighted by Gasteiger charge is -2.11. The molecule has 0 saturated carbocycles. The number of benzene rings is 2. The van der Waals surface area contributed by atoms with E-state index in [1.165, 1.54) is 0 Å². The molecule has 7 heteroatoms. The zero-order chi connectivity index (χ0) is 23.0. The third-order valence-corrected chi connectivity index (χ3v) is 6.06. The van der Waals surface area contributed by atoms with E-state index >= 15 is 0 Å². The standard InChI is InChI=1S/C26H25N3O3S/c1-31-22-11-10-18(16-23(22)32-2)15-20(19-7-4-3-5-8-19)26(30)27-13-12-21-25(29-17-28-21)24-9-6-14-33-24/h3-11,14-17H,12-13H2,1-2H3,(H,27,30)(H,28,29)/b20-15+. The van der Waals surface area contributed by atoms with Crippen LogP contribution in [-0.2, 0) is 11.2 Å². The molecule has 2 aromatic heterocycles. The number of hydrogen-bond acceptors (Lipinski definition) is 5. The highest BCUT2D eigenvalue weighted by Gasteiger charge is 2.14. The highest BCUT2D eigenvalue weighted by molar-refractivity contribution is 7.13. The molecular formula is C26H25N3O3S. The van der Waals surface area contributed by atoms with Gasteiger partial charge in [0.2, 0.25) is 0 Å². The van der Waals surface area contributed by atoms with Crippen molar-refractivity contribution in [2.75, 3.05) is 20.8 Å². The van der Waals surface area contributed by atoms with Gasteiger partial charge in [-0.1, -0.05) is 42.5 Å². The number of aromatic nitrogens is 2. The van der Waals surface area contributed by atoms with E-state index in [-0.39, 0.29) is 5.91 Å². The molecule has 0 aliphatic carbocycles. The van der Waals surface area contributed by atoms with Crippen LogP contribution < -0.4 is 14.8 Å². The first kappa shape index (κ1) is 22.4. The van der Waals surface area contributed by atoms with Crippen molar-refractivity contribution in [3.8, 4) is 22.1 Å². The van der Waals surface area contributed by atoms with E-state index in [1.807, 2.05) is 72.1 Å². The Balaban J connectivity index is 1.53. The quantitative estimate of drug-likeness (QED) is 0.271. The summed E-state index contributed by atoms with van der Waals surface area (Å²) in [5.41, 5.74) is 4.19. The second kappa shape index (κ2) is 10.7. The molecule has 0 bridgehead atoms. The van der Waals surface area contributed by atoms with Crippen molar-refractivity contribution < 1.29 is 14.3 Å². The van der Waals surface area contributed by atoms with Crippen LogP contribution >= 0.6 is 11.3 Å². The molecule has 0 spiro atoms. The first-order chi connectivity index (χ1) is 16.2. The van der Waals surface area contributed by atoms with Crippen molar-refractivity contribution in [2.45, 2.75) is 6.42 Å². The zero-order valence-electron chi connectivity index (χ0n) is 18.5. The molecule has 4 aromatic rings. The first-order valence-corrected chi connectivity index (χ1v) is 11.4. The van der Waals surface area contributed by atoms with Crippen molar-refractivity contribution in [1.82, 2.24) is 15.3 Å². The van der Waals surface area contributed by atoms with Crippen molar-refractivity contribution >= 4 is 28.9 Å². The average Bonchev–Trinajstić information content (AvgIpc) is 3.55. The molecular weight excluding hydrogens is 434 g/mol. The lowest BCUT2D eigenvalue weighted by molar-refractivity contribution is -0.115. The Morgan fingerprint density at radius 3 is 2.61 bits per heavy atom. The number of nitrogens with zero attached hydrogens (tertiary/aromatic N) is 1. The normalized spacial score (nSPS) is 11.3. The Morgan fingerprint density at radius 1 is 1.06 bits per heavy atom. The largest absolute Gasteiger partial charge is 0.493 e. The highest BCUT2D eigenvalue weighted by Crippen LogP contribution is 2.30. The Labute approximate surface area is 196 Å². The van der Waals surface area contributed by atoms with Gasteiger partial charge in [-0.15, -0.1) is 11.3 Å². The van der Waals surface area contributed by atoms with E-state index in [0.29, 0.717) is 30.0 Å². The maximum atomic E-state index is 13.2. The number of amides is 1. The molecule has 0 unspecified atom stereocenters. The molecule has 4 rings (SSSR count). The fraction of sp³-hybridized carbons (Fsp3) is 0.154. The predicted molar refractivity (Wildman–Crippen MR) is 132 cm³/mol. The molecule has 2 aromatic carbocycles. The smallest absolute Gasteiger partial charge is 0.251 e. The minimum Gasteiger partial charge on any atom is -0.493 e. The SMILES string of the molecule is COc1ccc(/C=C(/C(=O)NCCc2[nH]cnc2-c2cccs2)c2ccccc2)cc1OC. The molecule has 2 N–H and O–H groups in total. The lowest BCUT2D eigenvalue weighted by Crippen LogP contribution is -2.26. The van der Waals surface area contributed by atoms with Crippen molar-refractivity contribution in [2.24, 2.45) is 0 Å². The lowest BCUT2D eigenvalue weighted by atomic mass is 10.0. The minimum atomic E-state index is -0.145. The zero-order valence-corrected chi connectivity index (χ0v) is 19.3. The third-order valence-electron chi connectivity index (χ3n) is 5.18.